The fourth-order valence-corrected chi connectivity index (χ4v) is 5.43. The molecule has 0 spiro atoms. The Balaban J connectivity index is 1.64. The van der Waals surface area contributed by atoms with Crippen molar-refractivity contribution in [2.75, 3.05) is 0 Å². The van der Waals surface area contributed by atoms with Crippen molar-refractivity contribution in [3.05, 3.63) is 71.3 Å². The number of aryl methyl sites for hydroxylation is 2. The maximum absolute atomic E-state index is 12.9. The Morgan fingerprint density at radius 2 is 1.77 bits per heavy atom. The molecule has 1 saturated carbocycles. The van der Waals surface area contributed by atoms with Gasteiger partial charge in [-0.15, -0.1) is 0 Å². The molecular formula is C26H29N3O5S. The number of hydrogen-bond donors (Lipinski definition) is 2. The molecule has 3 aromatic rings. The van der Waals surface area contributed by atoms with Gasteiger partial charge in [0, 0.05) is 24.4 Å². The first-order valence-corrected chi connectivity index (χ1v) is 13.3. The topological polar surface area (TPSA) is 118 Å². The summed E-state index contributed by atoms with van der Waals surface area (Å²) in [5.41, 5.74) is 2.83. The van der Waals surface area contributed by atoms with Crippen molar-refractivity contribution in [2.24, 2.45) is 5.92 Å². The van der Waals surface area contributed by atoms with Gasteiger partial charge in [-0.1, -0.05) is 56.3 Å². The van der Waals surface area contributed by atoms with Gasteiger partial charge in [0.15, 0.2) is 5.69 Å². The molecule has 1 aliphatic rings. The van der Waals surface area contributed by atoms with E-state index in [1.54, 1.807) is 22.8 Å². The van der Waals surface area contributed by atoms with Gasteiger partial charge in [-0.25, -0.2) is 22.9 Å². The van der Waals surface area contributed by atoms with Gasteiger partial charge in [0.05, 0.1) is 10.6 Å². The Morgan fingerprint density at radius 3 is 2.37 bits per heavy atom. The zero-order valence-corrected chi connectivity index (χ0v) is 20.6. The number of nitrogens with zero attached hydrogens (tertiary/aromatic N) is 2. The van der Waals surface area contributed by atoms with E-state index in [0.717, 1.165) is 17.8 Å². The van der Waals surface area contributed by atoms with Crippen LogP contribution in [0.5, 0.6) is 0 Å². The average molecular weight is 496 g/mol. The van der Waals surface area contributed by atoms with E-state index in [1.165, 1.54) is 6.07 Å². The van der Waals surface area contributed by atoms with Gasteiger partial charge in [0.25, 0.3) is 10.0 Å². The van der Waals surface area contributed by atoms with Gasteiger partial charge in [0.2, 0.25) is 5.91 Å². The van der Waals surface area contributed by atoms with E-state index in [0.29, 0.717) is 49.0 Å². The number of imidazole rings is 1. The molecule has 0 atom stereocenters. The molecule has 1 heterocycles. The lowest BCUT2D eigenvalue weighted by Crippen LogP contribution is -2.32. The summed E-state index contributed by atoms with van der Waals surface area (Å²) in [6.45, 7) is 4.27. The van der Waals surface area contributed by atoms with Crippen molar-refractivity contribution in [1.29, 1.82) is 0 Å². The predicted octanol–water partition coefficient (Wildman–Crippen LogP) is 4.03. The molecule has 1 amide bonds. The minimum Gasteiger partial charge on any atom is -0.477 e. The van der Waals surface area contributed by atoms with Crippen LogP contribution in [0.4, 0.5) is 0 Å². The van der Waals surface area contributed by atoms with Crippen LogP contribution in [0, 0.1) is 5.92 Å². The summed E-state index contributed by atoms with van der Waals surface area (Å²) >= 11 is 0. The van der Waals surface area contributed by atoms with Gasteiger partial charge < -0.3 is 9.67 Å². The molecule has 0 bridgehead atoms. The van der Waals surface area contributed by atoms with Crippen molar-refractivity contribution in [3.63, 3.8) is 0 Å². The summed E-state index contributed by atoms with van der Waals surface area (Å²) in [5, 5.41) is 9.79. The highest BCUT2D eigenvalue weighted by atomic mass is 32.2. The number of hydrogen-bond acceptors (Lipinski definition) is 5. The van der Waals surface area contributed by atoms with E-state index in [9.17, 15) is 23.1 Å². The second-order valence-electron chi connectivity index (χ2n) is 8.76. The highest BCUT2D eigenvalue weighted by molar-refractivity contribution is 7.90. The third-order valence-electron chi connectivity index (χ3n) is 6.10. The van der Waals surface area contributed by atoms with Crippen LogP contribution in [0.25, 0.3) is 11.1 Å². The van der Waals surface area contributed by atoms with Gasteiger partial charge in [-0.2, -0.15) is 0 Å². The first kappa shape index (κ1) is 24.7. The van der Waals surface area contributed by atoms with Crippen molar-refractivity contribution in [3.8, 4) is 11.1 Å². The number of rotatable bonds is 10. The maximum atomic E-state index is 12.9. The van der Waals surface area contributed by atoms with Gasteiger partial charge in [-0.05, 0) is 42.9 Å². The van der Waals surface area contributed by atoms with Crippen LogP contribution in [0.1, 0.15) is 60.7 Å². The Morgan fingerprint density at radius 1 is 1.09 bits per heavy atom. The van der Waals surface area contributed by atoms with Gasteiger partial charge in [0.1, 0.15) is 5.82 Å². The standard InChI is InChI=1S/C26H29N3O5S/c1-3-7-23-27-21(4-2)24(26(31)32)29(23)16-17-10-12-18(13-11-17)20-8-5-6-9-22(20)35(33,34)28-25(30)19-14-15-19/h5-6,8-13,19H,3-4,7,14-16H2,1-2H3,(H,28,30)(H,31,32). The number of carbonyl (C=O) groups is 2. The van der Waals surface area contributed by atoms with E-state index in [-0.39, 0.29) is 16.5 Å². The Labute approximate surface area is 205 Å². The molecule has 1 aromatic heterocycles. The Hall–Kier alpha value is -3.46. The maximum Gasteiger partial charge on any atom is 0.354 e. The first-order valence-electron chi connectivity index (χ1n) is 11.8. The molecule has 0 radical (unpaired) electrons. The molecule has 1 aliphatic carbocycles. The largest absolute Gasteiger partial charge is 0.477 e. The third-order valence-corrected chi connectivity index (χ3v) is 7.50. The zero-order valence-electron chi connectivity index (χ0n) is 19.8. The van der Waals surface area contributed by atoms with Crippen LogP contribution in [0.15, 0.2) is 53.4 Å². The molecule has 184 valence electrons. The van der Waals surface area contributed by atoms with Crippen LogP contribution in [-0.2, 0) is 34.2 Å². The fourth-order valence-electron chi connectivity index (χ4n) is 4.15. The lowest BCUT2D eigenvalue weighted by atomic mass is 10.0. The molecular weight excluding hydrogens is 466 g/mol. The third kappa shape index (κ3) is 5.30. The lowest BCUT2D eigenvalue weighted by Gasteiger charge is -2.13. The highest BCUT2D eigenvalue weighted by Crippen LogP contribution is 2.31. The highest BCUT2D eigenvalue weighted by Gasteiger charge is 2.33. The van der Waals surface area contributed by atoms with Crippen LogP contribution < -0.4 is 4.72 Å². The summed E-state index contributed by atoms with van der Waals surface area (Å²) in [5.74, 6) is -0.936. The molecule has 0 aliphatic heterocycles. The molecule has 4 rings (SSSR count). The molecule has 35 heavy (non-hydrogen) atoms. The number of benzene rings is 2. The van der Waals surface area contributed by atoms with Crippen molar-refractivity contribution in [1.82, 2.24) is 14.3 Å². The quantitative estimate of drug-likeness (QED) is 0.438. The van der Waals surface area contributed by atoms with E-state index in [2.05, 4.69) is 9.71 Å². The molecule has 2 N–H and O–H groups in total. The minimum atomic E-state index is -4.01. The van der Waals surface area contributed by atoms with Crippen molar-refractivity contribution >= 4 is 21.9 Å². The van der Waals surface area contributed by atoms with Crippen LogP contribution in [0.2, 0.25) is 0 Å². The molecule has 0 unspecified atom stereocenters. The molecule has 2 aromatic carbocycles. The normalized spacial score (nSPS) is 13.5. The van der Waals surface area contributed by atoms with E-state index < -0.39 is 21.9 Å². The van der Waals surface area contributed by atoms with Crippen LogP contribution in [0.3, 0.4) is 0 Å². The molecule has 9 heteroatoms. The Kier molecular flexibility index (Phi) is 7.07. The number of sulfonamides is 1. The first-order chi connectivity index (χ1) is 16.7. The Bertz CT molecular complexity index is 1360. The zero-order chi connectivity index (χ0) is 25.2. The van der Waals surface area contributed by atoms with Gasteiger partial charge in [-0.3, -0.25) is 4.79 Å². The van der Waals surface area contributed by atoms with E-state index >= 15 is 0 Å². The summed E-state index contributed by atoms with van der Waals surface area (Å²) in [4.78, 5) is 28.7. The number of nitrogens with one attached hydrogen (secondary N) is 1. The monoisotopic (exact) mass is 495 g/mol. The number of carboxylic acids is 1. The van der Waals surface area contributed by atoms with E-state index in [4.69, 9.17) is 0 Å². The lowest BCUT2D eigenvalue weighted by molar-refractivity contribution is -0.120. The number of aromatic nitrogens is 2. The van der Waals surface area contributed by atoms with Gasteiger partial charge >= 0.3 is 5.97 Å². The minimum absolute atomic E-state index is 0.0438. The summed E-state index contributed by atoms with van der Waals surface area (Å²) in [6, 6.07) is 13.9. The smallest absolute Gasteiger partial charge is 0.354 e. The second-order valence-corrected chi connectivity index (χ2v) is 10.4. The molecule has 0 saturated heterocycles. The summed E-state index contributed by atoms with van der Waals surface area (Å²) in [7, 11) is -4.01. The molecule has 8 nitrogen and oxygen atoms in total. The number of aromatic carboxylic acids is 1. The number of carbonyl (C=O) groups excluding carboxylic acids is 1. The van der Waals surface area contributed by atoms with Crippen molar-refractivity contribution < 1.29 is 23.1 Å². The van der Waals surface area contributed by atoms with Crippen LogP contribution >= 0.6 is 0 Å². The SMILES string of the molecule is CCCc1nc(CC)c(C(=O)O)n1Cc1ccc(-c2ccccc2S(=O)(=O)NC(=O)C2CC2)cc1. The number of carboxylic acid groups (broad SMARTS) is 1. The predicted molar refractivity (Wildman–Crippen MR) is 132 cm³/mol. The summed E-state index contributed by atoms with van der Waals surface area (Å²) < 4.78 is 29.8. The fraction of sp³-hybridized carbons (Fsp3) is 0.346. The van der Waals surface area contributed by atoms with E-state index in [1.807, 2.05) is 38.1 Å². The van der Waals surface area contributed by atoms with Crippen molar-refractivity contribution in [2.45, 2.75) is 57.4 Å². The molecule has 1 fully saturated rings. The average Bonchev–Trinajstić information content (AvgIpc) is 3.63. The number of amides is 1. The van der Waals surface area contributed by atoms with Crippen LogP contribution in [-0.4, -0.2) is 35.0 Å². The second kappa shape index (κ2) is 10.0. The summed E-state index contributed by atoms with van der Waals surface area (Å²) in [6.07, 6.45) is 3.49.